The van der Waals surface area contributed by atoms with Crippen LogP contribution >= 0.6 is 0 Å². The van der Waals surface area contributed by atoms with Crippen LogP contribution in [0.4, 0.5) is 5.69 Å². The van der Waals surface area contributed by atoms with Gasteiger partial charge in [0, 0.05) is 6.54 Å². The first kappa shape index (κ1) is 13.5. The molecular formula is C14H18N2O3. The first-order valence-electron chi connectivity index (χ1n) is 6.39. The number of carbonyl (C=O) groups excluding carboxylic acids is 2. The number of benzene rings is 1. The van der Waals surface area contributed by atoms with Gasteiger partial charge < -0.3 is 15.0 Å². The SMILES string of the molecule is CC(C)OCCN1C(=O)CNC(=O)c2ccccc21. The predicted octanol–water partition coefficient (Wildman–Crippen LogP) is 1.19. The summed E-state index contributed by atoms with van der Waals surface area (Å²) in [5.74, 6) is -0.332. The minimum Gasteiger partial charge on any atom is -0.377 e. The van der Waals surface area contributed by atoms with Crippen molar-refractivity contribution in [1.29, 1.82) is 0 Å². The van der Waals surface area contributed by atoms with Gasteiger partial charge in [0.25, 0.3) is 5.91 Å². The van der Waals surface area contributed by atoms with Gasteiger partial charge in [-0.15, -0.1) is 0 Å². The highest BCUT2D eigenvalue weighted by Crippen LogP contribution is 2.22. The van der Waals surface area contributed by atoms with Gasteiger partial charge >= 0.3 is 0 Å². The molecule has 1 aromatic carbocycles. The number of para-hydroxylation sites is 1. The summed E-state index contributed by atoms with van der Waals surface area (Å²) in [7, 11) is 0. The van der Waals surface area contributed by atoms with E-state index in [9.17, 15) is 9.59 Å². The smallest absolute Gasteiger partial charge is 0.253 e. The van der Waals surface area contributed by atoms with E-state index in [1.807, 2.05) is 19.9 Å². The molecule has 0 spiro atoms. The summed E-state index contributed by atoms with van der Waals surface area (Å²) in [6.07, 6.45) is 0.122. The lowest BCUT2D eigenvalue weighted by atomic mass is 10.1. The number of amides is 2. The van der Waals surface area contributed by atoms with E-state index in [4.69, 9.17) is 4.74 Å². The Bertz CT molecular complexity index is 485. The molecule has 0 atom stereocenters. The number of nitrogens with one attached hydrogen (secondary N) is 1. The van der Waals surface area contributed by atoms with E-state index in [1.165, 1.54) is 0 Å². The highest BCUT2D eigenvalue weighted by Gasteiger charge is 2.25. The Kier molecular flexibility index (Phi) is 4.16. The fourth-order valence-corrected chi connectivity index (χ4v) is 2.01. The highest BCUT2D eigenvalue weighted by atomic mass is 16.5. The average Bonchev–Trinajstić information content (AvgIpc) is 2.50. The number of hydrogen-bond acceptors (Lipinski definition) is 3. The van der Waals surface area contributed by atoms with Crippen molar-refractivity contribution in [2.24, 2.45) is 0 Å². The van der Waals surface area contributed by atoms with Crippen molar-refractivity contribution in [2.45, 2.75) is 20.0 Å². The quantitative estimate of drug-likeness (QED) is 0.886. The summed E-state index contributed by atoms with van der Waals surface area (Å²) in [6, 6.07) is 7.12. The predicted molar refractivity (Wildman–Crippen MR) is 72.2 cm³/mol. The van der Waals surface area contributed by atoms with E-state index in [0.717, 1.165) is 0 Å². The summed E-state index contributed by atoms with van der Waals surface area (Å²) in [5, 5.41) is 2.61. The van der Waals surface area contributed by atoms with Crippen molar-refractivity contribution in [3.05, 3.63) is 29.8 Å². The van der Waals surface area contributed by atoms with Gasteiger partial charge in [-0.25, -0.2) is 0 Å². The molecule has 5 heteroatoms. The molecule has 1 aliphatic heterocycles. The van der Waals surface area contributed by atoms with Gasteiger partial charge in [-0.05, 0) is 26.0 Å². The van der Waals surface area contributed by atoms with Gasteiger partial charge in [0.15, 0.2) is 0 Å². The first-order valence-corrected chi connectivity index (χ1v) is 6.39. The van der Waals surface area contributed by atoms with Gasteiger partial charge in [0.1, 0.15) is 0 Å². The molecule has 19 heavy (non-hydrogen) atoms. The van der Waals surface area contributed by atoms with Gasteiger partial charge in [-0.1, -0.05) is 12.1 Å². The molecule has 0 radical (unpaired) electrons. The Morgan fingerprint density at radius 2 is 2.05 bits per heavy atom. The Balaban J connectivity index is 2.22. The lowest BCUT2D eigenvalue weighted by Crippen LogP contribution is -2.38. The fraction of sp³-hybridized carbons (Fsp3) is 0.429. The molecule has 0 saturated heterocycles. The number of fused-ring (bicyclic) bond motifs is 1. The molecule has 0 aliphatic carbocycles. The van der Waals surface area contributed by atoms with Crippen LogP contribution in [0.15, 0.2) is 24.3 Å². The van der Waals surface area contributed by atoms with E-state index in [-0.39, 0.29) is 24.5 Å². The monoisotopic (exact) mass is 262 g/mol. The number of anilines is 1. The number of nitrogens with zero attached hydrogens (tertiary/aromatic N) is 1. The van der Waals surface area contributed by atoms with E-state index < -0.39 is 0 Å². The third kappa shape index (κ3) is 3.12. The molecule has 1 heterocycles. The average molecular weight is 262 g/mol. The van der Waals surface area contributed by atoms with Crippen LogP contribution < -0.4 is 10.2 Å². The van der Waals surface area contributed by atoms with Crippen molar-refractivity contribution < 1.29 is 14.3 Å². The molecule has 1 aromatic rings. The Hall–Kier alpha value is -1.88. The molecule has 0 bridgehead atoms. The third-order valence-corrected chi connectivity index (χ3v) is 2.91. The molecule has 5 nitrogen and oxygen atoms in total. The lowest BCUT2D eigenvalue weighted by molar-refractivity contribution is -0.117. The van der Waals surface area contributed by atoms with E-state index in [2.05, 4.69) is 5.32 Å². The van der Waals surface area contributed by atoms with Crippen molar-refractivity contribution in [3.8, 4) is 0 Å². The van der Waals surface area contributed by atoms with Crippen LogP contribution in [-0.4, -0.2) is 37.6 Å². The molecule has 2 rings (SSSR count). The van der Waals surface area contributed by atoms with Crippen LogP contribution in [0.2, 0.25) is 0 Å². The minimum absolute atomic E-state index is 0.0230. The van der Waals surface area contributed by atoms with E-state index in [1.54, 1.807) is 23.1 Å². The number of carbonyl (C=O) groups is 2. The lowest BCUT2D eigenvalue weighted by Gasteiger charge is -2.22. The van der Waals surface area contributed by atoms with Crippen LogP contribution in [0.1, 0.15) is 24.2 Å². The second-order valence-corrected chi connectivity index (χ2v) is 4.66. The summed E-state index contributed by atoms with van der Waals surface area (Å²) in [4.78, 5) is 25.5. The second kappa shape index (κ2) is 5.84. The molecule has 0 saturated carbocycles. The van der Waals surface area contributed by atoms with E-state index >= 15 is 0 Å². The molecule has 1 N–H and O–H groups in total. The maximum absolute atomic E-state index is 12.1. The maximum atomic E-state index is 12.1. The highest BCUT2D eigenvalue weighted by molar-refractivity contribution is 6.09. The molecule has 0 unspecified atom stereocenters. The molecule has 0 aromatic heterocycles. The van der Waals surface area contributed by atoms with Crippen molar-refractivity contribution in [2.75, 3.05) is 24.6 Å². The topological polar surface area (TPSA) is 58.6 Å². The first-order chi connectivity index (χ1) is 9.09. The number of rotatable bonds is 4. The summed E-state index contributed by atoms with van der Waals surface area (Å²) in [5.41, 5.74) is 1.17. The molecule has 2 amide bonds. The minimum atomic E-state index is -0.212. The summed E-state index contributed by atoms with van der Waals surface area (Å²) >= 11 is 0. The third-order valence-electron chi connectivity index (χ3n) is 2.91. The summed E-state index contributed by atoms with van der Waals surface area (Å²) in [6.45, 7) is 4.82. The molecule has 1 aliphatic rings. The Labute approximate surface area is 112 Å². The zero-order valence-electron chi connectivity index (χ0n) is 11.2. The maximum Gasteiger partial charge on any atom is 0.253 e. The van der Waals surface area contributed by atoms with Gasteiger partial charge in [0.05, 0.1) is 30.5 Å². The zero-order valence-corrected chi connectivity index (χ0v) is 11.2. The van der Waals surface area contributed by atoms with Crippen LogP contribution in [0.3, 0.4) is 0 Å². The van der Waals surface area contributed by atoms with Gasteiger partial charge in [-0.3, -0.25) is 9.59 Å². The van der Waals surface area contributed by atoms with Crippen LogP contribution in [0.25, 0.3) is 0 Å². The molecule has 102 valence electrons. The normalized spacial score (nSPS) is 15.2. The van der Waals surface area contributed by atoms with Crippen LogP contribution in [-0.2, 0) is 9.53 Å². The van der Waals surface area contributed by atoms with E-state index in [0.29, 0.717) is 24.4 Å². The molecule has 0 fully saturated rings. The van der Waals surface area contributed by atoms with Crippen molar-refractivity contribution in [1.82, 2.24) is 5.32 Å². The van der Waals surface area contributed by atoms with Crippen LogP contribution in [0, 0.1) is 0 Å². The number of ether oxygens (including phenoxy) is 1. The standard InChI is InChI=1S/C14H18N2O3/c1-10(2)19-8-7-16-12-6-4-3-5-11(12)14(18)15-9-13(16)17/h3-6,10H,7-9H2,1-2H3,(H,15,18). The number of hydrogen-bond donors (Lipinski definition) is 1. The Morgan fingerprint density at radius 3 is 2.79 bits per heavy atom. The van der Waals surface area contributed by atoms with Crippen molar-refractivity contribution in [3.63, 3.8) is 0 Å². The largest absolute Gasteiger partial charge is 0.377 e. The zero-order chi connectivity index (χ0) is 13.8. The second-order valence-electron chi connectivity index (χ2n) is 4.66. The summed E-state index contributed by atoms with van der Waals surface area (Å²) < 4.78 is 5.48. The van der Waals surface area contributed by atoms with Crippen molar-refractivity contribution >= 4 is 17.5 Å². The fourth-order valence-electron chi connectivity index (χ4n) is 2.01. The Morgan fingerprint density at radius 1 is 1.32 bits per heavy atom. The van der Waals surface area contributed by atoms with Gasteiger partial charge in [-0.2, -0.15) is 0 Å². The van der Waals surface area contributed by atoms with Gasteiger partial charge in [0.2, 0.25) is 5.91 Å². The molecular weight excluding hydrogens is 244 g/mol. The van der Waals surface area contributed by atoms with Crippen LogP contribution in [0.5, 0.6) is 0 Å².